The van der Waals surface area contributed by atoms with E-state index in [1.807, 2.05) is 0 Å². The van der Waals surface area contributed by atoms with Gasteiger partial charge in [0.05, 0.1) is 0 Å². The van der Waals surface area contributed by atoms with E-state index in [4.69, 9.17) is 5.11 Å². The Morgan fingerprint density at radius 2 is 1.10 bits per heavy atom. The van der Waals surface area contributed by atoms with Crippen molar-refractivity contribution >= 4 is 18.4 Å². The van der Waals surface area contributed by atoms with Gasteiger partial charge in [-0.05, 0) is 0 Å². The van der Waals surface area contributed by atoms with E-state index < -0.39 is 36.2 Å². The van der Waals surface area contributed by atoms with Crippen molar-refractivity contribution < 1.29 is 62.9 Å². The summed E-state index contributed by atoms with van der Waals surface area (Å²) in [5.41, 5.74) is 0. The van der Waals surface area contributed by atoms with Gasteiger partial charge in [-0.3, -0.25) is 4.74 Å². The molecule has 1 N–H and O–H groups in total. The first-order valence-electron chi connectivity index (χ1n) is 3.91. The number of rotatable bonds is 4. The van der Waals surface area contributed by atoms with Crippen LogP contribution in [0, 0.1) is 0 Å². The molecule has 3 nitrogen and oxygen atoms in total. The summed E-state index contributed by atoms with van der Waals surface area (Å²) in [6, 6.07) is 0. The van der Waals surface area contributed by atoms with Crippen molar-refractivity contribution in [3.63, 3.8) is 0 Å². The van der Waals surface area contributed by atoms with Gasteiger partial charge in [-0.1, -0.05) is 0 Å². The van der Waals surface area contributed by atoms with Gasteiger partial charge in [0.15, 0.2) is 0 Å². The lowest BCUT2D eigenvalue weighted by Crippen LogP contribution is -2.61. The fraction of sp³-hybridized carbons (Fsp3) is 0.833. The van der Waals surface area contributed by atoms with Crippen molar-refractivity contribution in [1.82, 2.24) is 0 Å². The maximum atomic E-state index is 12.7. The third kappa shape index (κ3) is 3.78. The van der Waals surface area contributed by atoms with Crippen LogP contribution in [0.15, 0.2) is 0 Å². The fourth-order valence-electron chi connectivity index (χ4n) is 0.628. The largest absolute Gasteiger partial charge is 0.477 e. The van der Waals surface area contributed by atoms with Gasteiger partial charge in [-0.15, -0.1) is 12.4 Å². The first-order valence-corrected chi connectivity index (χ1v) is 3.91. The number of hydrogen-bond acceptors (Lipinski definition) is 2. The van der Waals surface area contributed by atoms with E-state index in [1.165, 1.54) is 0 Å². The van der Waals surface area contributed by atoms with Crippen LogP contribution in [0.25, 0.3) is 0 Å². The first kappa shape index (κ1) is 22.2. The third-order valence-corrected chi connectivity index (χ3v) is 1.63. The van der Waals surface area contributed by atoms with Crippen LogP contribution < -0.4 is 0 Å². The standard InChI is InChI=1S/C6HF11O3.ClH/c7-2(1(18)19,4(10,11)12)20-6(16,17)3(8,9)5(13,14)15;/h(H,18,19);1H. The Kier molecular flexibility index (Phi) is 5.95. The molecule has 0 spiro atoms. The Labute approximate surface area is 113 Å². The highest BCUT2D eigenvalue weighted by Crippen LogP contribution is 2.50. The molecule has 0 aromatic heterocycles. The number of carbonyl (C=O) groups is 1. The second kappa shape index (κ2) is 5.62. The molecule has 0 radical (unpaired) electrons. The maximum absolute atomic E-state index is 12.7. The number of hydrogen-bond donors (Lipinski definition) is 1. The van der Waals surface area contributed by atoms with Gasteiger partial charge in [0.2, 0.25) is 0 Å². The van der Waals surface area contributed by atoms with Crippen LogP contribution in [-0.4, -0.2) is 41.3 Å². The smallest absolute Gasteiger partial charge is 0.462 e. The number of ether oxygens (including phenoxy) is 1. The number of alkyl halides is 11. The third-order valence-electron chi connectivity index (χ3n) is 1.63. The van der Waals surface area contributed by atoms with E-state index in [0.29, 0.717) is 0 Å². The Bertz CT molecular complexity index is 388. The summed E-state index contributed by atoms with van der Waals surface area (Å²) in [6.07, 6.45) is -21.1. The lowest BCUT2D eigenvalue weighted by Gasteiger charge is -2.32. The fourth-order valence-corrected chi connectivity index (χ4v) is 0.628. The molecule has 15 heteroatoms. The van der Waals surface area contributed by atoms with E-state index in [1.54, 1.807) is 4.74 Å². The van der Waals surface area contributed by atoms with E-state index in [-0.39, 0.29) is 12.4 Å². The molecule has 0 amide bonds. The summed E-state index contributed by atoms with van der Waals surface area (Å²) < 4.78 is 134. The summed E-state index contributed by atoms with van der Waals surface area (Å²) in [5, 5.41) is 7.72. The number of aliphatic carboxylic acids is 1. The predicted octanol–water partition coefficient (Wildman–Crippen LogP) is 3.53. The van der Waals surface area contributed by atoms with Crippen molar-refractivity contribution in [3.8, 4) is 0 Å². The normalized spacial score (nSPS) is 16.9. The highest BCUT2D eigenvalue weighted by atomic mass is 35.5. The first-order chi connectivity index (χ1) is 8.40. The van der Waals surface area contributed by atoms with E-state index in [0.717, 1.165) is 0 Å². The van der Waals surface area contributed by atoms with Crippen LogP contribution in [0.5, 0.6) is 0 Å². The molecule has 0 rings (SSSR count). The molecule has 0 heterocycles. The van der Waals surface area contributed by atoms with Crippen LogP contribution in [0.2, 0.25) is 0 Å². The molecule has 1 atom stereocenters. The lowest BCUT2D eigenvalue weighted by molar-refractivity contribution is -0.474. The lowest BCUT2D eigenvalue weighted by atomic mass is 10.2. The van der Waals surface area contributed by atoms with Gasteiger partial charge in [-0.25, -0.2) is 4.79 Å². The minimum atomic E-state index is -7.27. The zero-order valence-electron chi connectivity index (χ0n) is 8.83. The second-order valence-corrected chi connectivity index (χ2v) is 3.09. The van der Waals surface area contributed by atoms with Gasteiger partial charge >= 0.3 is 36.2 Å². The Balaban J connectivity index is 0. The average Bonchev–Trinajstić information content (AvgIpc) is 2.12. The topological polar surface area (TPSA) is 46.5 Å². The van der Waals surface area contributed by atoms with Gasteiger partial charge < -0.3 is 5.11 Å². The average molecular weight is 367 g/mol. The van der Waals surface area contributed by atoms with E-state index in [9.17, 15) is 53.1 Å². The molecule has 0 aliphatic carbocycles. The molecule has 0 saturated heterocycles. The highest BCUT2D eigenvalue weighted by Gasteiger charge is 2.79. The predicted molar refractivity (Wildman–Crippen MR) is 41.8 cm³/mol. The summed E-state index contributed by atoms with van der Waals surface area (Å²) in [7, 11) is 0. The van der Waals surface area contributed by atoms with E-state index in [2.05, 4.69) is 0 Å². The maximum Gasteiger partial charge on any atom is 0.462 e. The quantitative estimate of drug-likeness (QED) is 0.774. The molecule has 0 bridgehead atoms. The molecule has 21 heavy (non-hydrogen) atoms. The molecule has 0 aromatic carbocycles. The Morgan fingerprint density at radius 1 is 0.762 bits per heavy atom. The summed E-state index contributed by atoms with van der Waals surface area (Å²) >= 11 is 0. The van der Waals surface area contributed by atoms with Crippen LogP contribution in [-0.2, 0) is 9.53 Å². The van der Waals surface area contributed by atoms with Crippen molar-refractivity contribution in [1.29, 1.82) is 0 Å². The summed E-state index contributed by atoms with van der Waals surface area (Å²) in [5.74, 6) is -17.6. The number of carboxylic acid groups (broad SMARTS) is 1. The van der Waals surface area contributed by atoms with Gasteiger partial charge in [0.1, 0.15) is 0 Å². The summed E-state index contributed by atoms with van der Waals surface area (Å²) in [4.78, 5) is 9.84. The van der Waals surface area contributed by atoms with Crippen molar-refractivity contribution in [3.05, 3.63) is 0 Å². The SMILES string of the molecule is Cl.O=C(O)C(F)(OC(F)(F)C(F)(F)C(F)(F)F)C(F)(F)F. The molecule has 0 aliphatic rings. The molecule has 0 aliphatic heterocycles. The second-order valence-electron chi connectivity index (χ2n) is 3.09. The Morgan fingerprint density at radius 3 is 1.29 bits per heavy atom. The molecular formula is C6H2ClF11O3. The van der Waals surface area contributed by atoms with Crippen LogP contribution in [0.4, 0.5) is 48.3 Å². The van der Waals surface area contributed by atoms with Crippen LogP contribution >= 0.6 is 12.4 Å². The minimum Gasteiger partial charge on any atom is -0.477 e. The monoisotopic (exact) mass is 366 g/mol. The van der Waals surface area contributed by atoms with Crippen molar-refractivity contribution in [2.45, 2.75) is 30.2 Å². The molecule has 0 aromatic rings. The van der Waals surface area contributed by atoms with Crippen LogP contribution in [0.1, 0.15) is 0 Å². The molecule has 128 valence electrons. The highest BCUT2D eigenvalue weighted by molar-refractivity contribution is 5.85. The summed E-state index contributed by atoms with van der Waals surface area (Å²) in [6.45, 7) is 0. The zero-order chi connectivity index (χ0) is 16.8. The van der Waals surface area contributed by atoms with Gasteiger partial charge in [-0.2, -0.15) is 48.3 Å². The number of halogens is 12. The van der Waals surface area contributed by atoms with Crippen molar-refractivity contribution in [2.24, 2.45) is 0 Å². The molecule has 0 saturated carbocycles. The molecule has 0 fully saturated rings. The molecular weight excluding hydrogens is 364 g/mol. The van der Waals surface area contributed by atoms with E-state index >= 15 is 0 Å². The minimum absolute atomic E-state index is 0. The van der Waals surface area contributed by atoms with Gasteiger partial charge in [0.25, 0.3) is 0 Å². The zero-order valence-corrected chi connectivity index (χ0v) is 9.65. The number of carboxylic acids is 1. The molecule has 1 unspecified atom stereocenters. The van der Waals surface area contributed by atoms with Crippen molar-refractivity contribution in [2.75, 3.05) is 0 Å². The van der Waals surface area contributed by atoms with Crippen LogP contribution in [0.3, 0.4) is 0 Å². The Hall–Kier alpha value is -1.05. The van der Waals surface area contributed by atoms with Gasteiger partial charge in [0, 0.05) is 0 Å².